The Hall–Kier alpha value is -1.27. The lowest BCUT2D eigenvalue weighted by Gasteiger charge is -2.23. The molecule has 21 heavy (non-hydrogen) atoms. The first-order valence-corrected chi connectivity index (χ1v) is 8.93. The van der Waals surface area contributed by atoms with Crippen LogP contribution in [0.4, 0.5) is 0 Å². The maximum atomic E-state index is 11.5. The zero-order chi connectivity index (χ0) is 16.1. The quantitative estimate of drug-likeness (QED) is 0.566. The van der Waals surface area contributed by atoms with E-state index in [0.29, 0.717) is 17.9 Å². The molecule has 0 saturated carbocycles. The lowest BCUT2D eigenvalue weighted by molar-refractivity contribution is 0.0526. The molecule has 0 aromatic heterocycles. The molecule has 1 aromatic rings. The van der Waals surface area contributed by atoms with Gasteiger partial charge in [0.1, 0.15) is 5.75 Å². The number of esters is 1. The highest BCUT2D eigenvalue weighted by molar-refractivity contribution is 8.13. The van der Waals surface area contributed by atoms with E-state index in [4.69, 9.17) is 20.2 Å². The zero-order valence-electron chi connectivity index (χ0n) is 12.3. The van der Waals surface area contributed by atoms with Crippen LogP contribution < -0.4 is 4.74 Å². The number of rotatable bonds is 7. The molecular formula is C14H19ClO5S. The van der Waals surface area contributed by atoms with Crippen LogP contribution in [0.5, 0.6) is 5.75 Å². The van der Waals surface area contributed by atoms with Crippen molar-refractivity contribution in [3.05, 3.63) is 29.8 Å². The van der Waals surface area contributed by atoms with Gasteiger partial charge in [0.2, 0.25) is 9.05 Å². The molecule has 0 radical (unpaired) electrons. The Morgan fingerprint density at radius 3 is 2.29 bits per heavy atom. The third kappa shape index (κ3) is 6.82. The van der Waals surface area contributed by atoms with Gasteiger partial charge in [0.25, 0.3) is 0 Å². The summed E-state index contributed by atoms with van der Waals surface area (Å²) in [5.74, 6) is -0.0247. The number of hydrogen-bond acceptors (Lipinski definition) is 5. The van der Waals surface area contributed by atoms with Gasteiger partial charge >= 0.3 is 5.97 Å². The predicted octanol–water partition coefficient (Wildman–Crippen LogP) is 2.84. The largest absolute Gasteiger partial charge is 0.493 e. The Morgan fingerprint density at radius 2 is 1.81 bits per heavy atom. The van der Waals surface area contributed by atoms with Crippen LogP contribution >= 0.6 is 10.7 Å². The van der Waals surface area contributed by atoms with E-state index < -0.39 is 20.4 Å². The lowest BCUT2D eigenvalue weighted by Crippen LogP contribution is -2.28. The van der Waals surface area contributed by atoms with Crippen LogP contribution in [0.15, 0.2) is 24.3 Å². The van der Waals surface area contributed by atoms with Crippen molar-refractivity contribution in [2.24, 2.45) is 5.41 Å². The molecule has 0 atom stereocenters. The normalized spacial score (nSPS) is 12.0. The van der Waals surface area contributed by atoms with Crippen LogP contribution in [-0.2, 0) is 13.8 Å². The van der Waals surface area contributed by atoms with Crippen LogP contribution in [-0.4, -0.2) is 33.4 Å². The third-order valence-electron chi connectivity index (χ3n) is 2.56. The second-order valence-electron chi connectivity index (χ2n) is 5.38. The summed E-state index contributed by atoms with van der Waals surface area (Å²) >= 11 is 0. The fourth-order valence-corrected chi connectivity index (χ4v) is 3.59. The summed E-state index contributed by atoms with van der Waals surface area (Å²) < 4.78 is 32.6. The Labute approximate surface area is 129 Å². The number of benzene rings is 1. The number of ether oxygens (including phenoxy) is 2. The van der Waals surface area contributed by atoms with Crippen molar-refractivity contribution in [1.82, 2.24) is 0 Å². The molecule has 7 heteroatoms. The molecule has 0 aliphatic heterocycles. The van der Waals surface area contributed by atoms with Crippen LogP contribution in [0, 0.1) is 5.41 Å². The molecule has 0 amide bonds. The smallest absolute Gasteiger partial charge is 0.338 e. The van der Waals surface area contributed by atoms with E-state index in [2.05, 4.69) is 0 Å². The molecule has 0 N–H and O–H groups in total. The van der Waals surface area contributed by atoms with Crippen molar-refractivity contribution in [3.8, 4) is 5.75 Å². The molecule has 0 saturated heterocycles. The van der Waals surface area contributed by atoms with Crippen molar-refractivity contribution in [1.29, 1.82) is 0 Å². The fraction of sp³-hybridized carbons (Fsp3) is 0.500. The highest BCUT2D eigenvalue weighted by Crippen LogP contribution is 2.22. The van der Waals surface area contributed by atoms with E-state index in [0.717, 1.165) is 0 Å². The Kier molecular flexibility index (Phi) is 6.04. The highest BCUT2D eigenvalue weighted by atomic mass is 35.7. The first-order chi connectivity index (χ1) is 9.63. The molecule has 0 unspecified atom stereocenters. The van der Waals surface area contributed by atoms with E-state index in [-0.39, 0.29) is 12.4 Å². The average Bonchev–Trinajstić information content (AvgIpc) is 2.34. The maximum Gasteiger partial charge on any atom is 0.338 e. The van der Waals surface area contributed by atoms with Crippen LogP contribution in [0.1, 0.15) is 31.1 Å². The molecule has 0 fully saturated rings. The van der Waals surface area contributed by atoms with Gasteiger partial charge in [-0.3, -0.25) is 0 Å². The molecule has 0 aliphatic carbocycles. The summed E-state index contributed by atoms with van der Waals surface area (Å²) in [6.45, 7) is 5.75. The van der Waals surface area contributed by atoms with E-state index in [1.807, 2.05) is 0 Å². The second-order valence-corrected chi connectivity index (χ2v) is 8.16. The molecule has 0 aliphatic rings. The summed E-state index contributed by atoms with van der Waals surface area (Å²) in [4.78, 5) is 11.5. The third-order valence-corrected chi connectivity index (χ3v) is 4.01. The van der Waals surface area contributed by atoms with E-state index in [9.17, 15) is 13.2 Å². The van der Waals surface area contributed by atoms with Gasteiger partial charge in [-0.1, -0.05) is 13.8 Å². The standard InChI is InChI=1S/C14H19ClO5S/c1-4-19-13(16)11-5-7-12(8-6-11)20-9-14(2,3)10-21(15,17)18/h5-8H,4,9-10H2,1-3H3. The number of carbonyl (C=O) groups excluding carboxylic acids is 1. The fourth-order valence-electron chi connectivity index (χ4n) is 1.69. The Bertz CT molecular complexity index is 578. The van der Waals surface area contributed by atoms with E-state index in [1.54, 1.807) is 45.0 Å². The lowest BCUT2D eigenvalue weighted by atomic mass is 9.98. The van der Waals surface area contributed by atoms with Gasteiger partial charge in [-0.2, -0.15) is 0 Å². The molecule has 5 nitrogen and oxygen atoms in total. The molecular weight excluding hydrogens is 316 g/mol. The van der Waals surface area contributed by atoms with Crippen LogP contribution in [0.3, 0.4) is 0 Å². The van der Waals surface area contributed by atoms with Gasteiger partial charge in [0.15, 0.2) is 0 Å². The van der Waals surface area contributed by atoms with Gasteiger partial charge in [-0.15, -0.1) is 0 Å². The zero-order valence-corrected chi connectivity index (χ0v) is 13.8. The average molecular weight is 335 g/mol. The van der Waals surface area contributed by atoms with Crippen LogP contribution in [0.2, 0.25) is 0 Å². The van der Waals surface area contributed by atoms with Crippen molar-refractivity contribution >= 4 is 25.7 Å². The van der Waals surface area contributed by atoms with Crippen molar-refractivity contribution in [3.63, 3.8) is 0 Å². The van der Waals surface area contributed by atoms with Gasteiger partial charge in [0.05, 0.1) is 24.5 Å². The van der Waals surface area contributed by atoms with Crippen molar-refractivity contribution in [2.75, 3.05) is 19.0 Å². The summed E-state index contributed by atoms with van der Waals surface area (Å²) in [6.07, 6.45) is 0. The second kappa shape index (κ2) is 7.13. The number of hydrogen-bond donors (Lipinski definition) is 0. The monoisotopic (exact) mass is 334 g/mol. The highest BCUT2D eigenvalue weighted by Gasteiger charge is 2.26. The predicted molar refractivity (Wildman–Crippen MR) is 81.3 cm³/mol. The Balaban J connectivity index is 2.62. The van der Waals surface area contributed by atoms with Gasteiger partial charge < -0.3 is 9.47 Å². The molecule has 0 bridgehead atoms. The van der Waals surface area contributed by atoms with E-state index in [1.165, 1.54) is 0 Å². The van der Waals surface area contributed by atoms with Gasteiger partial charge in [-0.25, -0.2) is 13.2 Å². The minimum Gasteiger partial charge on any atom is -0.493 e. The SMILES string of the molecule is CCOC(=O)c1ccc(OCC(C)(C)CS(=O)(=O)Cl)cc1. The molecule has 0 spiro atoms. The first-order valence-electron chi connectivity index (χ1n) is 6.45. The molecule has 1 aromatic carbocycles. The summed E-state index contributed by atoms with van der Waals surface area (Å²) in [7, 11) is 1.67. The minimum absolute atomic E-state index is 0.178. The van der Waals surface area contributed by atoms with E-state index >= 15 is 0 Å². The number of carbonyl (C=O) groups is 1. The summed E-state index contributed by atoms with van der Waals surface area (Å²) in [6, 6.07) is 6.46. The van der Waals surface area contributed by atoms with Crippen molar-refractivity contribution < 1.29 is 22.7 Å². The number of halogens is 1. The molecule has 118 valence electrons. The Morgan fingerprint density at radius 1 is 1.24 bits per heavy atom. The first kappa shape index (κ1) is 17.8. The maximum absolute atomic E-state index is 11.5. The molecule has 1 rings (SSSR count). The topological polar surface area (TPSA) is 69.7 Å². The van der Waals surface area contributed by atoms with Gasteiger partial charge in [-0.05, 0) is 31.2 Å². The van der Waals surface area contributed by atoms with Gasteiger partial charge in [0, 0.05) is 16.1 Å². The minimum atomic E-state index is -3.58. The van der Waals surface area contributed by atoms with Crippen LogP contribution in [0.25, 0.3) is 0 Å². The summed E-state index contributed by atoms with van der Waals surface area (Å²) in [5.41, 5.74) is -0.174. The molecule has 0 heterocycles. The summed E-state index contributed by atoms with van der Waals surface area (Å²) in [5, 5.41) is 0. The van der Waals surface area contributed by atoms with Crippen molar-refractivity contribution in [2.45, 2.75) is 20.8 Å².